The zero-order valence-electron chi connectivity index (χ0n) is 15.3. The number of aliphatic imine (C=N–C) groups is 1. The molecule has 0 aromatic rings. The number of sulfone groups is 1. The molecule has 0 amide bonds. The standard InChI is InChI=1S/C15H32N4O3S.HI/c1-14(2)13-18-6-8-19(9-7-18)15(16-3)17-5-10-22-11-12-23(4,20)21;/h14H,5-13H2,1-4H3,(H,16,17);1H. The fourth-order valence-corrected chi connectivity index (χ4v) is 2.96. The van der Waals surface area contributed by atoms with Gasteiger partial charge < -0.3 is 15.0 Å². The van der Waals surface area contributed by atoms with E-state index in [0.29, 0.717) is 19.1 Å². The maximum Gasteiger partial charge on any atom is 0.193 e. The van der Waals surface area contributed by atoms with Gasteiger partial charge in [-0.25, -0.2) is 8.42 Å². The molecule has 9 heteroatoms. The molecule has 0 bridgehead atoms. The van der Waals surface area contributed by atoms with Crippen LogP contribution in [-0.2, 0) is 14.6 Å². The Labute approximate surface area is 164 Å². The van der Waals surface area contributed by atoms with Crippen LogP contribution in [0.1, 0.15) is 13.8 Å². The number of nitrogens with zero attached hydrogens (tertiary/aromatic N) is 3. The Morgan fingerprint density at radius 3 is 2.33 bits per heavy atom. The summed E-state index contributed by atoms with van der Waals surface area (Å²) in [6.07, 6.45) is 1.22. The molecule has 1 aliphatic rings. The Balaban J connectivity index is 0.00000529. The van der Waals surface area contributed by atoms with E-state index in [1.165, 1.54) is 6.26 Å². The molecule has 0 radical (unpaired) electrons. The number of ether oxygens (including phenoxy) is 1. The van der Waals surface area contributed by atoms with Crippen LogP contribution in [0.2, 0.25) is 0 Å². The molecule has 0 aromatic heterocycles. The summed E-state index contributed by atoms with van der Waals surface area (Å²) in [5.41, 5.74) is 0. The highest BCUT2D eigenvalue weighted by Gasteiger charge is 2.19. The van der Waals surface area contributed by atoms with E-state index in [1.54, 1.807) is 7.05 Å². The predicted octanol–water partition coefficient (Wildman–Crippen LogP) is 0.515. The summed E-state index contributed by atoms with van der Waals surface area (Å²) in [6.45, 7) is 11.1. The van der Waals surface area contributed by atoms with E-state index in [-0.39, 0.29) is 36.3 Å². The van der Waals surface area contributed by atoms with Gasteiger partial charge in [0.2, 0.25) is 0 Å². The van der Waals surface area contributed by atoms with Gasteiger partial charge in [-0.05, 0) is 5.92 Å². The number of nitrogens with one attached hydrogen (secondary N) is 1. The van der Waals surface area contributed by atoms with Crippen LogP contribution in [0, 0.1) is 5.92 Å². The van der Waals surface area contributed by atoms with Gasteiger partial charge in [0.05, 0.1) is 19.0 Å². The minimum atomic E-state index is -2.95. The average molecular weight is 476 g/mol. The zero-order chi connectivity index (χ0) is 17.3. The lowest BCUT2D eigenvalue weighted by Crippen LogP contribution is -2.53. The van der Waals surface area contributed by atoms with Crippen molar-refractivity contribution < 1.29 is 13.2 Å². The quantitative estimate of drug-likeness (QED) is 0.238. The molecule has 24 heavy (non-hydrogen) atoms. The van der Waals surface area contributed by atoms with E-state index in [2.05, 4.69) is 34.0 Å². The summed E-state index contributed by atoms with van der Waals surface area (Å²) in [5, 5.41) is 3.28. The van der Waals surface area contributed by atoms with Crippen LogP contribution in [0.15, 0.2) is 4.99 Å². The highest BCUT2D eigenvalue weighted by Crippen LogP contribution is 2.05. The van der Waals surface area contributed by atoms with Gasteiger partial charge in [0.1, 0.15) is 9.84 Å². The Hall–Kier alpha value is -0.130. The van der Waals surface area contributed by atoms with Crippen LogP contribution in [0.3, 0.4) is 0 Å². The lowest BCUT2D eigenvalue weighted by molar-refractivity contribution is 0.149. The fraction of sp³-hybridized carbons (Fsp3) is 0.933. The zero-order valence-corrected chi connectivity index (χ0v) is 18.5. The maximum absolute atomic E-state index is 11.0. The average Bonchev–Trinajstić information content (AvgIpc) is 2.46. The Kier molecular flexibility index (Phi) is 12.2. The van der Waals surface area contributed by atoms with Crippen molar-refractivity contribution in [3.05, 3.63) is 0 Å². The number of hydrogen-bond donors (Lipinski definition) is 1. The second kappa shape index (κ2) is 12.3. The van der Waals surface area contributed by atoms with Gasteiger partial charge in [0.15, 0.2) is 5.96 Å². The third-order valence-corrected chi connectivity index (χ3v) is 4.54. The van der Waals surface area contributed by atoms with Gasteiger partial charge in [0.25, 0.3) is 0 Å². The first-order valence-corrected chi connectivity index (χ1v) is 10.3. The molecule has 1 aliphatic heterocycles. The number of guanidine groups is 1. The van der Waals surface area contributed by atoms with E-state index in [0.717, 1.165) is 38.7 Å². The smallest absolute Gasteiger partial charge is 0.193 e. The van der Waals surface area contributed by atoms with Crippen LogP contribution in [0.25, 0.3) is 0 Å². The van der Waals surface area contributed by atoms with Crippen LogP contribution in [-0.4, -0.2) is 95.7 Å². The third-order valence-electron chi connectivity index (χ3n) is 3.63. The molecule has 7 nitrogen and oxygen atoms in total. The van der Waals surface area contributed by atoms with Gasteiger partial charge in [-0.3, -0.25) is 9.89 Å². The molecule has 1 fully saturated rings. The predicted molar refractivity (Wildman–Crippen MR) is 110 cm³/mol. The number of rotatable bonds is 8. The molecular weight excluding hydrogens is 443 g/mol. The highest BCUT2D eigenvalue weighted by atomic mass is 127. The van der Waals surface area contributed by atoms with Gasteiger partial charge in [-0.2, -0.15) is 0 Å². The number of piperazine rings is 1. The largest absolute Gasteiger partial charge is 0.379 e. The summed E-state index contributed by atoms with van der Waals surface area (Å²) in [5.74, 6) is 1.66. The molecule has 0 aliphatic carbocycles. The molecule has 0 saturated carbocycles. The van der Waals surface area contributed by atoms with Crippen molar-refractivity contribution in [1.29, 1.82) is 0 Å². The lowest BCUT2D eigenvalue weighted by atomic mass is 10.2. The SMILES string of the molecule is CN=C(NCCOCCS(C)(=O)=O)N1CCN(CC(C)C)CC1.I. The molecular formula is C15H33IN4O3S. The molecule has 0 atom stereocenters. The fourth-order valence-electron chi connectivity index (χ4n) is 2.54. The van der Waals surface area contributed by atoms with Crippen molar-refractivity contribution in [3.63, 3.8) is 0 Å². The summed E-state index contributed by atoms with van der Waals surface area (Å²) < 4.78 is 27.3. The summed E-state index contributed by atoms with van der Waals surface area (Å²) in [7, 11) is -1.16. The van der Waals surface area contributed by atoms with Crippen molar-refractivity contribution >= 4 is 39.8 Å². The van der Waals surface area contributed by atoms with Gasteiger partial charge >= 0.3 is 0 Å². The molecule has 1 saturated heterocycles. The Morgan fingerprint density at radius 1 is 1.21 bits per heavy atom. The number of halogens is 1. The second-order valence-electron chi connectivity index (χ2n) is 6.40. The first-order valence-electron chi connectivity index (χ1n) is 8.25. The summed E-state index contributed by atoms with van der Waals surface area (Å²) in [4.78, 5) is 9.06. The van der Waals surface area contributed by atoms with Crippen LogP contribution < -0.4 is 5.32 Å². The van der Waals surface area contributed by atoms with E-state index in [4.69, 9.17) is 4.74 Å². The van der Waals surface area contributed by atoms with Crippen LogP contribution >= 0.6 is 24.0 Å². The number of hydrogen-bond acceptors (Lipinski definition) is 5. The monoisotopic (exact) mass is 476 g/mol. The molecule has 144 valence electrons. The summed E-state index contributed by atoms with van der Waals surface area (Å²) >= 11 is 0. The van der Waals surface area contributed by atoms with E-state index >= 15 is 0 Å². The minimum Gasteiger partial charge on any atom is -0.379 e. The highest BCUT2D eigenvalue weighted by molar-refractivity contribution is 14.0. The maximum atomic E-state index is 11.0. The first-order chi connectivity index (χ1) is 10.8. The topological polar surface area (TPSA) is 74.2 Å². The van der Waals surface area contributed by atoms with Gasteiger partial charge in [0, 0.05) is 52.6 Å². The molecule has 1 heterocycles. The van der Waals surface area contributed by atoms with Gasteiger partial charge in [-0.15, -0.1) is 24.0 Å². The van der Waals surface area contributed by atoms with Crippen LogP contribution in [0.5, 0.6) is 0 Å². The molecule has 1 rings (SSSR count). The Morgan fingerprint density at radius 2 is 1.83 bits per heavy atom. The first kappa shape index (κ1) is 23.9. The molecule has 0 aromatic carbocycles. The van der Waals surface area contributed by atoms with E-state index < -0.39 is 9.84 Å². The van der Waals surface area contributed by atoms with Crippen LogP contribution in [0.4, 0.5) is 0 Å². The minimum absolute atomic E-state index is 0. The molecule has 0 unspecified atom stereocenters. The second-order valence-corrected chi connectivity index (χ2v) is 8.66. The van der Waals surface area contributed by atoms with Crippen molar-refractivity contribution in [2.45, 2.75) is 13.8 Å². The Bertz CT molecular complexity index is 463. The molecule has 1 N–H and O–H groups in total. The van der Waals surface area contributed by atoms with Crippen molar-refractivity contribution in [2.24, 2.45) is 10.9 Å². The third kappa shape index (κ3) is 10.7. The van der Waals surface area contributed by atoms with Crippen molar-refractivity contribution in [1.82, 2.24) is 15.1 Å². The van der Waals surface area contributed by atoms with E-state index in [1.807, 2.05) is 0 Å². The van der Waals surface area contributed by atoms with Crippen molar-refractivity contribution in [3.8, 4) is 0 Å². The van der Waals surface area contributed by atoms with E-state index in [9.17, 15) is 8.42 Å². The molecule has 0 spiro atoms. The lowest BCUT2D eigenvalue weighted by Gasteiger charge is -2.37. The van der Waals surface area contributed by atoms with Gasteiger partial charge in [-0.1, -0.05) is 13.8 Å². The van der Waals surface area contributed by atoms with Crippen molar-refractivity contribution in [2.75, 3.05) is 71.5 Å². The summed E-state index contributed by atoms with van der Waals surface area (Å²) in [6, 6.07) is 0. The normalized spacial score (nSPS) is 17.0.